The van der Waals surface area contributed by atoms with E-state index in [1.54, 1.807) is 0 Å². The molecule has 19 heavy (non-hydrogen) atoms. The summed E-state index contributed by atoms with van der Waals surface area (Å²) >= 11 is 0. The lowest BCUT2D eigenvalue weighted by Gasteiger charge is -2.42. The van der Waals surface area contributed by atoms with E-state index < -0.39 is 0 Å². The largest absolute Gasteiger partial charge is 0.399 e. The molecule has 1 aliphatic heterocycles. The molecule has 0 aliphatic carbocycles. The summed E-state index contributed by atoms with van der Waals surface area (Å²) in [6.07, 6.45) is 2.28. The summed E-state index contributed by atoms with van der Waals surface area (Å²) in [5.41, 5.74) is 8.20. The van der Waals surface area contributed by atoms with Gasteiger partial charge in [0.05, 0.1) is 0 Å². The summed E-state index contributed by atoms with van der Waals surface area (Å²) in [6.45, 7) is 8.18. The third kappa shape index (κ3) is 3.71. The molecule has 0 bridgehead atoms. The fourth-order valence-electron chi connectivity index (χ4n) is 2.95. The zero-order valence-corrected chi connectivity index (χ0v) is 12.5. The molecule has 1 aromatic carbocycles. The van der Waals surface area contributed by atoms with E-state index in [4.69, 9.17) is 5.73 Å². The Bertz CT molecular complexity index is 393. The Morgan fingerprint density at radius 1 is 1.16 bits per heavy atom. The second kappa shape index (κ2) is 6.40. The molecule has 3 heteroatoms. The molecule has 1 aromatic rings. The van der Waals surface area contributed by atoms with Crippen molar-refractivity contribution in [3.05, 3.63) is 29.8 Å². The third-order valence-corrected chi connectivity index (χ3v) is 4.41. The number of hydrogen-bond acceptors (Lipinski definition) is 3. The smallest absolute Gasteiger partial charge is 0.0346 e. The summed E-state index contributed by atoms with van der Waals surface area (Å²) < 4.78 is 0. The minimum atomic E-state index is 0.658. The van der Waals surface area contributed by atoms with Crippen molar-refractivity contribution >= 4 is 5.69 Å². The van der Waals surface area contributed by atoms with E-state index in [1.165, 1.54) is 31.6 Å². The fourth-order valence-corrected chi connectivity index (χ4v) is 2.95. The normalized spacial score (nSPS) is 25.6. The van der Waals surface area contributed by atoms with Crippen molar-refractivity contribution in [1.82, 2.24) is 9.80 Å². The van der Waals surface area contributed by atoms with Gasteiger partial charge in [0.1, 0.15) is 0 Å². The summed E-state index contributed by atoms with van der Waals surface area (Å²) in [5.74, 6) is 0. The predicted molar refractivity (Wildman–Crippen MR) is 82.3 cm³/mol. The van der Waals surface area contributed by atoms with Gasteiger partial charge in [-0.05, 0) is 51.9 Å². The molecule has 1 heterocycles. The van der Waals surface area contributed by atoms with E-state index in [9.17, 15) is 0 Å². The molecule has 0 saturated carbocycles. The molecule has 1 aliphatic rings. The average Bonchev–Trinajstić information content (AvgIpc) is 2.38. The SMILES string of the molecule is CC1CN(CCCc2ccccc2N)CC(C)N1C. The summed E-state index contributed by atoms with van der Waals surface area (Å²) in [4.78, 5) is 5.07. The molecule has 2 atom stereocenters. The molecule has 2 unspecified atom stereocenters. The molecule has 106 valence electrons. The lowest BCUT2D eigenvalue weighted by Crippen LogP contribution is -2.54. The first kappa shape index (κ1) is 14.4. The average molecular weight is 261 g/mol. The van der Waals surface area contributed by atoms with Crippen LogP contribution in [0.4, 0.5) is 5.69 Å². The number of nitrogen functional groups attached to an aromatic ring is 1. The van der Waals surface area contributed by atoms with Gasteiger partial charge in [-0.15, -0.1) is 0 Å². The van der Waals surface area contributed by atoms with Gasteiger partial charge in [0, 0.05) is 30.9 Å². The van der Waals surface area contributed by atoms with Crippen LogP contribution in [0, 0.1) is 0 Å². The van der Waals surface area contributed by atoms with E-state index in [0.29, 0.717) is 12.1 Å². The highest BCUT2D eigenvalue weighted by Crippen LogP contribution is 2.16. The molecule has 1 saturated heterocycles. The number of para-hydroxylation sites is 1. The third-order valence-electron chi connectivity index (χ3n) is 4.41. The van der Waals surface area contributed by atoms with Gasteiger partial charge in [0.15, 0.2) is 0 Å². The van der Waals surface area contributed by atoms with Gasteiger partial charge >= 0.3 is 0 Å². The van der Waals surface area contributed by atoms with Crippen molar-refractivity contribution in [2.24, 2.45) is 0 Å². The number of anilines is 1. The standard InChI is InChI=1S/C16H27N3/c1-13-11-19(12-14(2)18(13)3)10-6-8-15-7-4-5-9-16(15)17/h4-5,7,9,13-14H,6,8,10-12,17H2,1-3H3. The summed E-state index contributed by atoms with van der Waals surface area (Å²) in [6, 6.07) is 9.53. The second-order valence-electron chi connectivity index (χ2n) is 5.93. The molecule has 0 radical (unpaired) electrons. The maximum atomic E-state index is 5.98. The Hall–Kier alpha value is -1.06. The van der Waals surface area contributed by atoms with Crippen LogP contribution in [0.1, 0.15) is 25.8 Å². The Balaban J connectivity index is 1.79. The van der Waals surface area contributed by atoms with Crippen molar-refractivity contribution in [1.29, 1.82) is 0 Å². The van der Waals surface area contributed by atoms with Crippen LogP contribution >= 0.6 is 0 Å². The predicted octanol–water partition coefficient (Wildman–Crippen LogP) is 2.23. The fraction of sp³-hybridized carbons (Fsp3) is 0.625. The lowest BCUT2D eigenvalue weighted by atomic mass is 10.1. The lowest BCUT2D eigenvalue weighted by molar-refractivity contribution is 0.0596. The number of nitrogens with zero attached hydrogens (tertiary/aromatic N) is 2. The van der Waals surface area contributed by atoms with Crippen LogP contribution in [0.2, 0.25) is 0 Å². The molecule has 1 fully saturated rings. The zero-order valence-electron chi connectivity index (χ0n) is 12.5. The van der Waals surface area contributed by atoms with E-state index in [1.807, 2.05) is 12.1 Å². The highest BCUT2D eigenvalue weighted by molar-refractivity contribution is 5.46. The Morgan fingerprint density at radius 2 is 1.79 bits per heavy atom. The van der Waals surface area contributed by atoms with E-state index in [0.717, 1.165) is 12.1 Å². The van der Waals surface area contributed by atoms with Gasteiger partial charge in [-0.2, -0.15) is 0 Å². The van der Waals surface area contributed by atoms with Crippen LogP contribution in [0.25, 0.3) is 0 Å². The number of benzene rings is 1. The maximum absolute atomic E-state index is 5.98. The molecule has 3 nitrogen and oxygen atoms in total. The molecule has 0 spiro atoms. The van der Waals surface area contributed by atoms with Crippen molar-refractivity contribution in [3.8, 4) is 0 Å². The first-order valence-corrected chi connectivity index (χ1v) is 7.35. The number of piperazine rings is 1. The number of nitrogens with two attached hydrogens (primary N) is 1. The second-order valence-corrected chi connectivity index (χ2v) is 5.93. The van der Waals surface area contributed by atoms with Crippen molar-refractivity contribution in [3.63, 3.8) is 0 Å². The maximum Gasteiger partial charge on any atom is 0.0346 e. The number of hydrogen-bond donors (Lipinski definition) is 1. The molecular weight excluding hydrogens is 234 g/mol. The van der Waals surface area contributed by atoms with Gasteiger partial charge in [0.2, 0.25) is 0 Å². The van der Waals surface area contributed by atoms with Crippen LogP contribution in [0.5, 0.6) is 0 Å². The first-order valence-electron chi connectivity index (χ1n) is 7.35. The van der Waals surface area contributed by atoms with Crippen molar-refractivity contribution < 1.29 is 0 Å². The molecule has 2 N–H and O–H groups in total. The van der Waals surface area contributed by atoms with Crippen LogP contribution < -0.4 is 5.73 Å². The number of likely N-dealkylation sites (N-methyl/N-ethyl adjacent to an activating group) is 1. The quantitative estimate of drug-likeness (QED) is 0.844. The topological polar surface area (TPSA) is 32.5 Å². The first-order chi connectivity index (χ1) is 9.08. The van der Waals surface area contributed by atoms with Gasteiger partial charge in [-0.3, -0.25) is 4.90 Å². The minimum Gasteiger partial charge on any atom is -0.399 e. The monoisotopic (exact) mass is 261 g/mol. The van der Waals surface area contributed by atoms with Crippen LogP contribution in [0.15, 0.2) is 24.3 Å². The van der Waals surface area contributed by atoms with Gasteiger partial charge in [0.25, 0.3) is 0 Å². The van der Waals surface area contributed by atoms with E-state index >= 15 is 0 Å². The Kier molecular flexibility index (Phi) is 4.83. The van der Waals surface area contributed by atoms with Gasteiger partial charge in [-0.25, -0.2) is 0 Å². The van der Waals surface area contributed by atoms with Crippen LogP contribution in [0.3, 0.4) is 0 Å². The highest BCUT2D eigenvalue weighted by atomic mass is 15.3. The van der Waals surface area contributed by atoms with Crippen LogP contribution in [-0.2, 0) is 6.42 Å². The highest BCUT2D eigenvalue weighted by Gasteiger charge is 2.25. The van der Waals surface area contributed by atoms with Gasteiger partial charge in [-0.1, -0.05) is 18.2 Å². The van der Waals surface area contributed by atoms with Gasteiger partial charge < -0.3 is 10.6 Å². The molecule has 2 rings (SSSR count). The zero-order chi connectivity index (χ0) is 13.8. The van der Waals surface area contributed by atoms with Crippen LogP contribution in [-0.4, -0.2) is 48.6 Å². The van der Waals surface area contributed by atoms with E-state index in [2.05, 4.69) is 42.8 Å². The van der Waals surface area contributed by atoms with Crippen molar-refractivity contribution in [2.45, 2.75) is 38.8 Å². The number of rotatable bonds is 4. The minimum absolute atomic E-state index is 0.658. The Morgan fingerprint density at radius 3 is 2.42 bits per heavy atom. The molecule has 0 aromatic heterocycles. The van der Waals surface area contributed by atoms with Crippen molar-refractivity contribution in [2.75, 3.05) is 32.4 Å². The summed E-state index contributed by atoms with van der Waals surface area (Å²) in [5, 5.41) is 0. The summed E-state index contributed by atoms with van der Waals surface area (Å²) in [7, 11) is 2.23. The molecule has 0 amide bonds. The number of aryl methyl sites for hydroxylation is 1. The Labute approximate surface area is 117 Å². The van der Waals surface area contributed by atoms with E-state index in [-0.39, 0.29) is 0 Å². The molecular formula is C16H27N3.